The molecule has 2 N–H and O–H groups in total. The fourth-order valence-corrected chi connectivity index (χ4v) is 2.89. The molecule has 2 amide bonds. The number of hydrogen-bond acceptors (Lipinski definition) is 4. The highest BCUT2D eigenvalue weighted by Gasteiger charge is 2.18. The lowest BCUT2D eigenvalue weighted by Gasteiger charge is -2.16. The Bertz CT molecular complexity index is 989. The van der Waals surface area contributed by atoms with Gasteiger partial charge in [-0.2, -0.15) is 0 Å². The molecule has 0 aliphatic rings. The Morgan fingerprint density at radius 3 is 2.38 bits per heavy atom. The van der Waals surface area contributed by atoms with Crippen molar-refractivity contribution in [3.8, 4) is 5.88 Å². The van der Waals surface area contributed by atoms with Gasteiger partial charge in [-0.05, 0) is 43.7 Å². The van der Waals surface area contributed by atoms with E-state index < -0.39 is 5.91 Å². The molecule has 1 heterocycles. The number of benzene rings is 2. The van der Waals surface area contributed by atoms with Crippen LogP contribution in [-0.2, 0) is 0 Å². The zero-order valence-electron chi connectivity index (χ0n) is 16.4. The van der Waals surface area contributed by atoms with Gasteiger partial charge in [-0.3, -0.25) is 9.59 Å². The van der Waals surface area contributed by atoms with Crippen LogP contribution >= 0.6 is 0 Å². The Morgan fingerprint density at radius 2 is 1.62 bits per heavy atom. The van der Waals surface area contributed by atoms with Crippen molar-refractivity contribution in [1.82, 2.24) is 10.3 Å². The van der Waals surface area contributed by atoms with Crippen LogP contribution in [0.15, 0.2) is 72.9 Å². The van der Waals surface area contributed by atoms with Gasteiger partial charge in [0.1, 0.15) is 5.56 Å². The maximum absolute atomic E-state index is 12.8. The first kappa shape index (κ1) is 20.1. The minimum Gasteiger partial charge on any atom is -0.477 e. The van der Waals surface area contributed by atoms with Crippen LogP contribution in [0, 0.1) is 0 Å². The first-order valence-corrected chi connectivity index (χ1v) is 9.44. The maximum Gasteiger partial charge on any atom is 0.261 e. The first-order chi connectivity index (χ1) is 14.1. The highest BCUT2D eigenvalue weighted by Crippen LogP contribution is 2.21. The average Bonchev–Trinajstić information content (AvgIpc) is 2.75. The number of para-hydroxylation sites is 1. The van der Waals surface area contributed by atoms with Crippen molar-refractivity contribution < 1.29 is 14.3 Å². The molecule has 3 aromatic rings. The number of nitrogens with zero attached hydrogens (tertiary/aromatic N) is 1. The number of aromatic nitrogens is 1. The smallest absolute Gasteiger partial charge is 0.261 e. The second-order valence-corrected chi connectivity index (χ2v) is 6.39. The zero-order chi connectivity index (χ0) is 20.6. The molecule has 0 aliphatic heterocycles. The molecule has 0 aliphatic carbocycles. The van der Waals surface area contributed by atoms with E-state index in [4.69, 9.17) is 4.74 Å². The predicted octanol–water partition coefficient (Wildman–Crippen LogP) is 4.22. The summed E-state index contributed by atoms with van der Waals surface area (Å²) in [7, 11) is 0. The lowest BCUT2D eigenvalue weighted by Crippen LogP contribution is -2.28. The van der Waals surface area contributed by atoms with E-state index in [0.717, 1.165) is 5.56 Å². The van der Waals surface area contributed by atoms with Crippen LogP contribution in [0.1, 0.15) is 46.2 Å². The molecule has 0 spiro atoms. The van der Waals surface area contributed by atoms with Crippen molar-refractivity contribution in [3.63, 3.8) is 0 Å². The number of hydrogen-bond donors (Lipinski definition) is 2. The van der Waals surface area contributed by atoms with E-state index in [1.165, 1.54) is 0 Å². The van der Waals surface area contributed by atoms with Gasteiger partial charge in [0.25, 0.3) is 11.8 Å². The van der Waals surface area contributed by atoms with Crippen molar-refractivity contribution in [1.29, 1.82) is 0 Å². The maximum atomic E-state index is 12.8. The van der Waals surface area contributed by atoms with Gasteiger partial charge in [0.15, 0.2) is 0 Å². The van der Waals surface area contributed by atoms with Gasteiger partial charge in [0, 0.05) is 6.20 Å². The summed E-state index contributed by atoms with van der Waals surface area (Å²) in [5.41, 5.74) is 2.10. The van der Waals surface area contributed by atoms with E-state index in [1.807, 2.05) is 44.2 Å². The summed E-state index contributed by atoms with van der Waals surface area (Å²) in [5, 5.41) is 5.77. The second-order valence-electron chi connectivity index (χ2n) is 6.39. The molecular formula is C23H23N3O3. The molecule has 2 aromatic carbocycles. The highest BCUT2D eigenvalue weighted by atomic mass is 16.5. The van der Waals surface area contributed by atoms with Gasteiger partial charge < -0.3 is 15.4 Å². The number of carbonyl (C=O) groups is 2. The number of nitrogens with one attached hydrogen (secondary N) is 2. The Morgan fingerprint density at radius 1 is 0.931 bits per heavy atom. The van der Waals surface area contributed by atoms with Crippen molar-refractivity contribution >= 4 is 17.5 Å². The Balaban J connectivity index is 1.78. The van der Waals surface area contributed by atoms with Gasteiger partial charge >= 0.3 is 0 Å². The summed E-state index contributed by atoms with van der Waals surface area (Å²) < 4.78 is 5.42. The Kier molecular flexibility index (Phi) is 6.58. The largest absolute Gasteiger partial charge is 0.477 e. The molecule has 0 fully saturated rings. The Labute approximate surface area is 169 Å². The SMILES string of the molecule is CCOc1ncccc1C(=O)Nc1ccccc1C(=O)N[C@@H](C)c1ccccc1. The number of ether oxygens (including phenoxy) is 1. The number of amides is 2. The van der Waals surface area contributed by atoms with Crippen molar-refractivity contribution in [2.75, 3.05) is 11.9 Å². The molecule has 148 valence electrons. The molecule has 6 heteroatoms. The van der Waals surface area contributed by atoms with E-state index >= 15 is 0 Å². The van der Waals surface area contributed by atoms with Crippen LogP contribution in [-0.4, -0.2) is 23.4 Å². The normalized spacial score (nSPS) is 11.4. The third-order valence-corrected chi connectivity index (χ3v) is 4.36. The molecule has 0 saturated heterocycles. The third kappa shape index (κ3) is 4.99. The van der Waals surface area contributed by atoms with Gasteiger partial charge in [-0.1, -0.05) is 42.5 Å². The number of carbonyl (C=O) groups excluding carboxylic acids is 2. The van der Waals surface area contributed by atoms with E-state index in [1.54, 1.807) is 42.6 Å². The summed E-state index contributed by atoms with van der Waals surface area (Å²) in [6, 6.07) is 19.7. The quantitative estimate of drug-likeness (QED) is 0.634. The lowest BCUT2D eigenvalue weighted by atomic mass is 10.1. The van der Waals surface area contributed by atoms with Crippen molar-refractivity contribution in [3.05, 3.63) is 89.6 Å². The fraction of sp³-hybridized carbons (Fsp3) is 0.174. The molecule has 29 heavy (non-hydrogen) atoms. The molecule has 0 saturated carbocycles. The first-order valence-electron chi connectivity index (χ1n) is 9.44. The van der Waals surface area contributed by atoms with E-state index in [0.29, 0.717) is 23.4 Å². The molecule has 0 radical (unpaired) electrons. The summed E-state index contributed by atoms with van der Waals surface area (Å²) in [5.74, 6) is -0.404. The average molecular weight is 389 g/mol. The molecule has 3 rings (SSSR count). The van der Waals surface area contributed by atoms with Gasteiger partial charge in [0.2, 0.25) is 5.88 Å². The molecule has 1 atom stereocenters. The highest BCUT2D eigenvalue weighted by molar-refractivity contribution is 6.10. The summed E-state index contributed by atoms with van der Waals surface area (Å²) >= 11 is 0. The second kappa shape index (κ2) is 9.50. The molecular weight excluding hydrogens is 366 g/mol. The van der Waals surface area contributed by atoms with Crippen LogP contribution in [0.4, 0.5) is 5.69 Å². The lowest BCUT2D eigenvalue weighted by molar-refractivity contribution is 0.0940. The molecule has 6 nitrogen and oxygen atoms in total. The van der Waals surface area contributed by atoms with Crippen LogP contribution in [0.3, 0.4) is 0 Å². The fourth-order valence-electron chi connectivity index (χ4n) is 2.89. The zero-order valence-corrected chi connectivity index (χ0v) is 16.4. The van der Waals surface area contributed by atoms with Crippen molar-refractivity contribution in [2.45, 2.75) is 19.9 Å². The van der Waals surface area contributed by atoms with Crippen LogP contribution in [0.25, 0.3) is 0 Å². The van der Waals surface area contributed by atoms with E-state index in [9.17, 15) is 9.59 Å². The summed E-state index contributed by atoms with van der Waals surface area (Å²) in [6.45, 7) is 4.13. The van der Waals surface area contributed by atoms with Gasteiger partial charge in [0.05, 0.1) is 23.9 Å². The van der Waals surface area contributed by atoms with Crippen molar-refractivity contribution in [2.24, 2.45) is 0 Å². The summed E-state index contributed by atoms with van der Waals surface area (Å²) in [6.07, 6.45) is 1.56. The molecule has 0 bridgehead atoms. The standard InChI is InChI=1S/C23H23N3O3/c1-3-29-23-19(13-9-15-24-23)22(28)26-20-14-8-7-12-18(20)21(27)25-16(2)17-10-5-4-6-11-17/h4-16H,3H2,1-2H3,(H,25,27)(H,26,28)/t16-/m0/s1. The molecule has 0 unspecified atom stereocenters. The monoisotopic (exact) mass is 389 g/mol. The number of anilines is 1. The van der Waals surface area contributed by atoms with E-state index in [2.05, 4.69) is 15.6 Å². The minimum absolute atomic E-state index is 0.171. The Hall–Kier alpha value is -3.67. The van der Waals surface area contributed by atoms with Gasteiger partial charge in [-0.15, -0.1) is 0 Å². The minimum atomic E-state index is -0.391. The topological polar surface area (TPSA) is 80.3 Å². The van der Waals surface area contributed by atoms with E-state index in [-0.39, 0.29) is 17.8 Å². The van der Waals surface area contributed by atoms with Gasteiger partial charge in [-0.25, -0.2) is 4.98 Å². The summed E-state index contributed by atoms with van der Waals surface area (Å²) in [4.78, 5) is 29.7. The molecule has 1 aromatic heterocycles. The van der Waals surface area contributed by atoms with Crippen LogP contribution in [0.2, 0.25) is 0 Å². The van der Waals surface area contributed by atoms with Crippen LogP contribution < -0.4 is 15.4 Å². The predicted molar refractivity (Wildman–Crippen MR) is 112 cm³/mol. The number of pyridine rings is 1. The van der Waals surface area contributed by atoms with Crippen LogP contribution in [0.5, 0.6) is 5.88 Å². The third-order valence-electron chi connectivity index (χ3n) is 4.36. The number of rotatable bonds is 7.